The van der Waals surface area contributed by atoms with Crippen molar-refractivity contribution >= 4 is 5.78 Å². The maximum absolute atomic E-state index is 11.5. The number of hydrogen-bond acceptors (Lipinski definition) is 2. The third-order valence-electron chi connectivity index (χ3n) is 2.87. The van der Waals surface area contributed by atoms with E-state index < -0.39 is 0 Å². The highest BCUT2D eigenvalue weighted by Crippen LogP contribution is 2.37. The molecule has 0 aromatic rings. The first kappa shape index (κ1) is 9.25. The Hall–Kier alpha value is -0.840. The van der Waals surface area contributed by atoms with E-state index in [1.165, 1.54) is 6.42 Å². The van der Waals surface area contributed by atoms with Crippen LogP contribution in [0.15, 0.2) is 0 Å². The zero-order valence-corrected chi connectivity index (χ0v) is 7.60. The van der Waals surface area contributed by atoms with Crippen molar-refractivity contribution in [2.45, 2.75) is 45.4 Å². The summed E-state index contributed by atoms with van der Waals surface area (Å²) in [5.41, 5.74) is -0.173. The highest BCUT2D eigenvalue weighted by atomic mass is 16.1. The van der Waals surface area contributed by atoms with Gasteiger partial charge in [-0.05, 0) is 12.8 Å². The molecule has 1 fully saturated rings. The van der Waals surface area contributed by atoms with Crippen LogP contribution in [-0.2, 0) is 4.79 Å². The van der Waals surface area contributed by atoms with Gasteiger partial charge in [0.1, 0.15) is 0 Å². The van der Waals surface area contributed by atoms with E-state index in [1.54, 1.807) is 0 Å². The van der Waals surface area contributed by atoms with Crippen molar-refractivity contribution in [1.29, 1.82) is 5.26 Å². The third kappa shape index (κ3) is 1.85. The minimum absolute atomic E-state index is 0.0938. The third-order valence-corrected chi connectivity index (χ3v) is 2.87. The minimum Gasteiger partial charge on any atom is -0.298 e. The highest BCUT2D eigenvalue weighted by molar-refractivity contribution is 5.86. The molecule has 0 atom stereocenters. The molecule has 1 rings (SSSR count). The lowest BCUT2D eigenvalue weighted by Gasteiger charge is -2.31. The summed E-state index contributed by atoms with van der Waals surface area (Å²) < 4.78 is 0. The van der Waals surface area contributed by atoms with Gasteiger partial charge in [0.05, 0.1) is 12.5 Å². The average Bonchev–Trinajstić information content (AvgIpc) is 2.06. The normalized spacial score (nSPS) is 21.3. The molecule has 0 heterocycles. The van der Waals surface area contributed by atoms with Crippen LogP contribution in [0, 0.1) is 16.7 Å². The first-order chi connectivity index (χ1) is 5.69. The molecule has 1 aliphatic carbocycles. The predicted octanol–water partition coefficient (Wildman–Crippen LogP) is 2.44. The maximum Gasteiger partial charge on any atom is 0.152 e. The van der Waals surface area contributed by atoms with Gasteiger partial charge in [0.15, 0.2) is 5.78 Å². The van der Waals surface area contributed by atoms with Crippen molar-refractivity contribution in [3.8, 4) is 6.07 Å². The van der Waals surface area contributed by atoms with Gasteiger partial charge < -0.3 is 0 Å². The number of nitrogens with zero attached hydrogens (tertiary/aromatic N) is 1. The summed E-state index contributed by atoms with van der Waals surface area (Å²) in [7, 11) is 0. The molecule has 0 amide bonds. The van der Waals surface area contributed by atoms with Gasteiger partial charge in [-0.1, -0.05) is 26.2 Å². The van der Waals surface area contributed by atoms with Gasteiger partial charge in [-0.2, -0.15) is 5.26 Å². The number of hydrogen-bond donors (Lipinski definition) is 0. The van der Waals surface area contributed by atoms with Crippen LogP contribution >= 0.6 is 0 Å². The molecule has 0 spiro atoms. The van der Waals surface area contributed by atoms with Crippen molar-refractivity contribution in [1.82, 2.24) is 0 Å². The Morgan fingerprint density at radius 2 is 2.00 bits per heavy atom. The molecule has 0 N–H and O–H groups in total. The van der Waals surface area contributed by atoms with E-state index in [1.807, 2.05) is 13.0 Å². The Morgan fingerprint density at radius 3 is 2.50 bits per heavy atom. The van der Waals surface area contributed by atoms with E-state index in [-0.39, 0.29) is 17.6 Å². The van der Waals surface area contributed by atoms with Crippen LogP contribution in [0.25, 0.3) is 0 Å². The smallest absolute Gasteiger partial charge is 0.152 e. The van der Waals surface area contributed by atoms with Crippen molar-refractivity contribution < 1.29 is 4.79 Å². The highest BCUT2D eigenvalue weighted by Gasteiger charge is 2.33. The summed E-state index contributed by atoms with van der Waals surface area (Å²) >= 11 is 0. The second-order valence-corrected chi connectivity index (χ2v) is 3.88. The second kappa shape index (κ2) is 3.71. The molecule has 0 aliphatic heterocycles. The van der Waals surface area contributed by atoms with Crippen molar-refractivity contribution in [2.24, 2.45) is 5.41 Å². The summed E-state index contributed by atoms with van der Waals surface area (Å²) in [6.45, 7) is 2.01. The van der Waals surface area contributed by atoms with E-state index in [0.29, 0.717) is 0 Å². The number of nitriles is 1. The number of carbonyl (C=O) groups excluding carboxylic acids is 1. The fourth-order valence-electron chi connectivity index (χ4n) is 1.90. The summed E-state index contributed by atoms with van der Waals surface area (Å²) in [5, 5.41) is 8.41. The molecule has 1 aliphatic rings. The lowest BCUT2D eigenvalue weighted by atomic mass is 9.72. The van der Waals surface area contributed by atoms with Gasteiger partial charge in [0.25, 0.3) is 0 Å². The molecular weight excluding hydrogens is 150 g/mol. The molecular formula is C10H15NO. The van der Waals surface area contributed by atoms with E-state index in [4.69, 9.17) is 5.26 Å². The van der Waals surface area contributed by atoms with Crippen LogP contribution < -0.4 is 0 Å². The van der Waals surface area contributed by atoms with Gasteiger partial charge in [-0.3, -0.25) is 4.79 Å². The van der Waals surface area contributed by atoms with Crippen molar-refractivity contribution in [2.75, 3.05) is 0 Å². The number of ketones is 1. The summed E-state index contributed by atoms with van der Waals surface area (Å²) in [6.07, 6.45) is 5.59. The molecule has 0 radical (unpaired) electrons. The predicted molar refractivity (Wildman–Crippen MR) is 46.4 cm³/mol. The Kier molecular flexibility index (Phi) is 2.86. The number of rotatable bonds is 2. The fourth-order valence-corrected chi connectivity index (χ4v) is 1.90. The standard InChI is InChI=1S/C10H15NO/c1-10(9(12)5-8-11)6-3-2-4-7-10/h2-7H2,1H3. The lowest BCUT2D eigenvalue weighted by molar-refractivity contribution is -0.128. The van der Waals surface area contributed by atoms with Crippen LogP contribution in [-0.4, -0.2) is 5.78 Å². The second-order valence-electron chi connectivity index (χ2n) is 3.88. The Labute approximate surface area is 73.6 Å². The molecule has 2 nitrogen and oxygen atoms in total. The Bertz CT molecular complexity index is 208. The average molecular weight is 165 g/mol. The van der Waals surface area contributed by atoms with Crippen LogP contribution in [0.2, 0.25) is 0 Å². The Morgan fingerprint density at radius 1 is 1.42 bits per heavy atom. The first-order valence-electron chi connectivity index (χ1n) is 4.59. The zero-order valence-electron chi connectivity index (χ0n) is 7.60. The number of carbonyl (C=O) groups is 1. The van der Waals surface area contributed by atoms with E-state index in [2.05, 4.69) is 0 Å². The molecule has 1 saturated carbocycles. The summed E-state index contributed by atoms with van der Waals surface area (Å²) in [5.74, 6) is 0.143. The van der Waals surface area contributed by atoms with E-state index in [9.17, 15) is 4.79 Å². The van der Waals surface area contributed by atoms with Gasteiger partial charge in [0.2, 0.25) is 0 Å². The van der Waals surface area contributed by atoms with Crippen LogP contribution in [0.1, 0.15) is 45.4 Å². The Balaban J connectivity index is 2.57. The molecule has 0 aromatic heterocycles. The summed E-state index contributed by atoms with van der Waals surface area (Å²) in [4.78, 5) is 11.5. The monoisotopic (exact) mass is 165 g/mol. The largest absolute Gasteiger partial charge is 0.298 e. The minimum atomic E-state index is -0.173. The van der Waals surface area contributed by atoms with Crippen LogP contribution in [0.4, 0.5) is 0 Å². The number of Topliss-reactive ketones (excluding diaryl/α,β-unsaturated/α-hetero) is 1. The van der Waals surface area contributed by atoms with E-state index >= 15 is 0 Å². The van der Waals surface area contributed by atoms with Crippen molar-refractivity contribution in [3.63, 3.8) is 0 Å². The fraction of sp³-hybridized carbons (Fsp3) is 0.800. The molecule has 66 valence electrons. The zero-order chi connectivity index (χ0) is 9.03. The molecule has 12 heavy (non-hydrogen) atoms. The van der Waals surface area contributed by atoms with Gasteiger partial charge in [-0.25, -0.2) is 0 Å². The van der Waals surface area contributed by atoms with Gasteiger partial charge in [0, 0.05) is 5.41 Å². The van der Waals surface area contributed by atoms with Crippen LogP contribution in [0.3, 0.4) is 0 Å². The van der Waals surface area contributed by atoms with Gasteiger partial charge >= 0.3 is 0 Å². The lowest BCUT2D eigenvalue weighted by Crippen LogP contribution is -2.29. The van der Waals surface area contributed by atoms with E-state index in [0.717, 1.165) is 25.7 Å². The molecule has 0 unspecified atom stereocenters. The SMILES string of the molecule is CC1(C(=O)CC#N)CCCCC1. The molecule has 0 bridgehead atoms. The molecule has 0 saturated heterocycles. The molecule has 2 heteroatoms. The van der Waals surface area contributed by atoms with Gasteiger partial charge in [-0.15, -0.1) is 0 Å². The summed E-state index contributed by atoms with van der Waals surface area (Å²) in [6, 6.07) is 1.94. The topological polar surface area (TPSA) is 40.9 Å². The first-order valence-corrected chi connectivity index (χ1v) is 4.59. The van der Waals surface area contributed by atoms with Crippen molar-refractivity contribution in [3.05, 3.63) is 0 Å². The quantitative estimate of drug-likeness (QED) is 0.630. The maximum atomic E-state index is 11.5. The molecule has 0 aromatic carbocycles. The van der Waals surface area contributed by atoms with Crippen LogP contribution in [0.5, 0.6) is 0 Å².